The van der Waals surface area contributed by atoms with E-state index in [-0.39, 0.29) is 0 Å². The Labute approximate surface area is 154 Å². The summed E-state index contributed by atoms with van der Waals surface area (Å²) in [5.41, 5.74) is 0. The minimum Gasteiger partial charge on any atom is -0.387 e. The van der Waals surface area contributed by atoms with Gasteiger partial charge in [-0.05, 0) is 0 Å². The first-order chi connectivity index (χ1) is 12.3. The molecule has 1 aliphatic heterocycles. The van der Waals surface area contributed by atoms with Crippen molar-refractivity contribution in [1.82, 2.24) is 0 Å². The Bertz CT molecular complexity index is 724. The molecule has 0 aromatic carbocycles. The van der Waals surface area contributed by atoms with Crippen LogP contribution in [0.2, 0.25) is 0 Å². The van der Waals surface area contributed by atoms with E-state index in [1.807, 2.05) is 0 Å². The van der Waals surface area contributed by atoms with Crippen molar-refractivity contribution >= 4 is 31.3 Å². The standard InChI is InChI=1S/C6H16O18P4/c7-3-2(1-20-25(10,11)12)21-6(5(9)4(3)8)22-27(16,17)24-28(18,19)23-26(13,14)15/h2-9H,1H2,(H,16,17)(H,18,19)(H2,10,11,12)(H2,13,14,15)/t2-,3-,4+,5-,6+/m1/s1. The quantitative estimate of drug-likeness (QED) is 0.145. The van der Waals surface area contributed by atoms with Gasteiger partial charge in [-0.1, -0.05) is 0 Å². The molecule has 0 amide bonds. The van der Waals surface area contributed by atoms with E-state index in [1.165, 1.54) is 0 Å². The fourth-order valence-electron chi connectivity index (χ4n) is 1.74. The van der Waals surface area contributed by atoms with Crippen molar-refractivity contribution in [2.45, 2.75) is 30.7 Å². The van der Waals surface area contributed by atoms with Crippen molar-refractivity contribution in [2.75, 3.05) is 6.61 Å². The van der Waals surface area contributed by atoms with Gasteiger partial charge in [0.05, 0.1) is 6.61 Å². The molecule has 1 rings (SSSR count). The summed E-state index contributed by atoms with van der Waals surface area (Å²) in [7, 11) is -22.4. The van der Waals surface area contributed by atoms with Crippen LogP contribution in [0.1, 0.15) is 0 Å². The van der Waals surface area contributed by atoms with E-state index in [9.17, 15) is 38.5 Å². The second-order valence-electron chi connectivity index (χ2n) is 5.00. The Morgan fingerprint density at radius 2 is 1.25 bits per heavy atom. The van der Waals surface area contributed by atoms with E-state index in [0.29, 0.717) is 0 Å². The van der Waals surface area contributed by atoms with Gasteiger partial charge in [0.2, 0.25) is 0 Å². The Kier molecular flexibility index (Phi) is 8.71. The molecule has 2 unspecified atom stereocenters. The molecule has 28 heavy (non-hydrogen) atoms. The van der Waals surface area contributed by atoms with Crippen molar-refractivity contribution in [2.24, 2.45) is 0 Å². The van der Waals surface area contributed by atoms with Crippen LogP contribution in [0.25, 0.3) is 0 Å². The summed E-state index contributed by atoms with van der Waals surface area (Å²) >= 11 is 0. The molecule has 1 saturated heterocycles. The number of rotatable bonds is 9. The maximum atomic E-state index is 11.7. The van der Waals surface area contributed by atoms with E-state index < -0.39 is 68.6 Å². The highest BCUT2D eigenvalue weighted by atomic mass is 31.3. The van der Waals surface area contributed by atoms with Gasteiger partial charge in [0.25, 0.3) is 0 Å². The minimum absolute atomic E-state index is 1.11. The summed E-state index contributed by atoms with van der Waals surface area (Å²) in [5, 5.41) is 29.0. The molecule has 0 aromatic rings. The highest BCUT2D eigenvalue weighted by Crippen LogP contribution is 2.66. The maximum absolute atomic E-state index is 11.7. The van der Waals surface area contributed by atoms with Crippen LogP contribution in [0.15, 0.2) is 0 Å². The van der Waals surface area contributed by atoms with Crippen LogP contribution in [-0.4, -0.2) is 82.0 Å². The van der Waals surface area contributed by atoms with Crippen LogP contribution in [0.3, 0.4) is 0 Å². The number of phosphoric acid groups is 4. The first kappa shape index (κ1) is 26.4. The van der Waals surface area contributed by atoms with Gasteiger partial charge in [-0.2, -0.15) is 8.62 Å². The summed E-state index contributed by atoms with van der Waals surface area (Å²) < 4.78 is 63.8. The predicted molar refractivity (Wildman–Crippen MR) is 79.6 cm³/mol. The van der Waals surface area contributed by atoms with Gasteiger partial charge >= 0.3 is 31.3 Å². The average Bonchev–Trinajstić information content (AvgIpc) is 2.41. The highest BCUT2D eigenvalue weighted by Gasteiger charge is 2.49. The molecule has 0 aliphatic carbocycles. The van der Waals surface area contributed by atoms with E-state index >= 15 is 0 Å². The Balaban J connectivity index is 2.89. The monoisotopic (exact) mass is 500 g/mol. The lowest BCUT2D eigenvalue weighted by Gasteiger charge is -2.40. The molecule has 0 saturated carbocycles. The third-order valence-corrected chi connectivity index (χ3v) is 7.02. The maximum Gasteiger partial charge on any atom is 0.490 e. The molecule has 7 atom stereocenters. The van der Waals surface area contributed by atoms with Gasteiger partial charge in [-0.25, -0.2) is 18.3 Å². The summed E-state index contributed by atoms with van der Waals surface area (Å²) in [6, 6.07) is 0. The number of phosphoric ester groups is 2. The number of aliphatic hydroxyl groups excluding tert-OH is 3. The molecule has 9 N–H and O–H groups in total. The summed E-state index contributed by atoms with van der Waals surface area (Å²) in [4.78, 5) is 52.4. The normalized spacial score (nSPS) is 33.8. The summed E-state index contributed by atoms with van der Waals surface area (Å²) in [6.45, 7) is -1.11. The number of ether oxygens (including phenoxy) is 1. The minimum atomic E-state index is -5.88. The van der Waals surface area contributed by atoms with Crippen molar-refractivity contribution in [3.05, 3.63) is 0 Å². The molecule has 1 fully saturated rings. The molecular formula is C6H16O18P4. The smallest absolute Gasteiger partial charge is 0.387 e. The first-order valence-electron chi connectivity index (χ1n) is 6.54. The first-order valence-corrected chi connectivity index (χ1v) is 12.6. The van der Waals surface area contributed by atoms with E-state index in [0.717, 1.165) is 0 Å². The van der Waals surface area contributed by atoms with Crippen molar-refractivity contribution in [1.29, 1.82) is 0 Å². The lowest BCUT2D eigenvalue weighted by molar-refractivity contribution is -0.279. The molecule has 0 aromatic heterocycles. The van der Waals surface area contributed by atoms with Crippen LogP contribution in [0.5, 0.6) is 0 Å². The molecular weight excluding hydrogens is 484 g/mol. The van der Waals surface area contributed by atoms with Gasteiger partial charge in [-0.15, -0.1) is 0 Å². The fraction of sp³-hybridized carbons (Fsp3) is 1.00. The van der Waals surface area contributed by atoms with Crippen LogP contribution in [0.4, 0.5) is 0 Å². The third kappa shape index (κ3) is 9.02. The zero-order valence-corrected chi connectivity index (χ0v) is 16.7. The largest absolute Gasteiger partial charge is 0.490 e. The number of hydrogen-bond donors (Lipinski definition) is 9. The molecule has 0 radical (unpaired) electrons. The Morgan fingerprint density at radius 1 is 0.714 bits per heavy atom. The summed E-state index contributed by atoms with van der Waals surface area (Å²) in [5.74, 6) is 0. The van der Waals surface area contributed by atoms with Crippen LogP contribution in [0, 0.1) is 0 Å². The average molecular weight is 500 g/mol. The number of hydrogen-bond acceptors (Lipinski definition) is 12. The third-order valence-electron chi connectivity index (χ3n) is 2.73. The molecule has 1 heterocycles. The van der Waals surface area contributed by atoms with Crippen LogP contribution >= 0.6 is 31.3 Å². The van der Waals surface area contributed by atoms with E-state index in [4.69, 9.17) is 29.2 Å². The Hall–Kier alpha value is 0.360. The van der Waals surface area contributed by atoms with E-state index in [2.05, 4.69) is 17.7 Å². The zero-order chi connectivity index (χ0) is 22.1. The Morgan fingerprint density at radius 3 is 1.71 bits per heavy atom. The van der Waals surface area contributed by atoms with Gasteiger partial charge in [-0.3, -0.25) is 9.05 Å². The molecule has 22 heteroatoms. The topological polar surface area (TPSA) is 296 Å². The SMILES string of the molecule is O=P(O)(O)OC[C@H]1O[C@@H](OP(=O)(O)OP(=O)(O)OP(=O)(O)O)[C@H](O)[C@@H](O)[C@@H]1O. The lowest BCUT2D eigenvalue weighted by atomic mass is 10.00. The van der Waals surface area contributed by atoms with Crippen molar-refractivity contribution in [3.63, 3.8) is 0 Å². The van der Waals surface area contributed by atoms with Crippen LogP contribution in [-0.2, 0) is 40.7 Å². The van der Waals surface area contributed by atoms with Gasteiger partial charge < -0.3 is 49.4 Å². The molecule has 0 spiro atoms. The van der Waals surface area contributed by atoms with Gasteiger partial charge in [0.1, 0.15) is 24.4 Å². The second-order valence-corrected chi connectivity index (χ2v) is 10.6. The zero-order valence-electron chi connectivity index (χ0n) is 13.1. The fourth-order valence-corrected chi connectivity index (χ4v) is 5.18. The van der Waals surface area contributed by atoms with Crippen LogP contribution < -0.4 is 0 Å². The van der Waals surface area contributed by atoms with Gasteiger partial charge in [0.15, 0.2) is 6.29 Å². The molecule has 168 valence electrons. The predicted octanol–water partition coefficient (Wildman–Crippen LogP) is -2.75. The number of aliphatic hydroxyl groups is 3. The molecule has 0 bridgehead atoms. The molecule has 1 aliphatic rings. The van der Waals surface area contributed by atoms with E-state index in [1.54, 1.807) is 0 Å². The highest BCUT2D eigenvalue weighted by molar-refractivity contribution is 7.66. The van der Waals surface area contributed by atoms with Crippen molar-refractivity contribution in [3.8, 4) is 0 Å². The molecule has 18 nitrogen and oxygen atoms in total. The van der Waals surface area contributed by atoms with Crippen molar-refractivity contribution < 1.29 is 85.3 Å². The summed E-state index contributed by atoms with van der Waals surface area (Å²) in [6.07, 6.45) is -10.8. The van der Waals surface area contributed by atoms with Gasteiger partial charge in [0, 0.05) is 0 Å². The lowest BCUT2D eigenvalue weighted by Crippen LogP contribution is -2.59. The second kappa shape index (κ2) is 9.24.